The Bertz CT molecular complexity index is 1590. The van der Waals surface area contributed by atoms with Gasteiger partial charge in [-0.2, -0.15) is 4.98 Å². The number of aromatic hydroxyl groups is 1. The second kappa shape index (κ2) is 8.76. The van der Waals surface area contributed by atoms with E-state index in [1.54, 1.807) is 12.1 Å². The molecule has 1 aromatic heterocycles. The molecule has 4 aromatic rings. The molecule has 4 fully saturated rings. The number of benzene rings is 3. The maximum atomic E-state index is 16.7. The van der Waals surface area contributed by atoms with Gasteiger partial charge >= 0.3 is 0 Å². The van der Waals surface area contributed by atoms with Gasteiger partial charge in [-0.05, 0) is 66.8 Å². The third-order valence-electron chi connectivity index (χ3n) is 9.48. The van der Waals surface area contributed by atoms with Crippen molar-refractivity contribution in [1.29, 1.82) is 0 Å². The van der Waals surface area contributed by atoms with Crippen molar-refractivity contribution in [2.75, 3.05) is 49.1 Å². The van der Waals surface area contributed by atoms with E-state index in [4.69, 9.17) is 9.97 Å². The smallest absolute Gasteiger partial charge is 0.228 e. The fourth-order valence-electron chi connectivity index (χ4n) is 7.46. The lowest BCUT2D eigenvalue weighted by Crippen LogP contribution is -2.51. The van der Waals surface area contributed by atoms with Crippen molar-refractivity contribution in [1.82, 2.24) is 20.6 Å². The van der Waals surface area contributed by atoms with Gasteiger partial charge in [0.25, 0.3) is 0 Å². The molecule has 1 spiro atoms. The van der Waals surface area contributed by atoms with Gasteiger partial charge in [0, 0.05) is 61.2 Å². The Labute approximate surface area is 227 Å². The van der Waals surface area contributed by atoms with Crippen LogP contribution in [0, 0.1) is 11.2 Å². The van der Waals surface area contributed by atoms with Crippen molar-refractivity contribution in [3.05, 3.63) is 54.3 Å². The maximum Gasteiger partial charge on any atom is 0.228 e. The summed E-state index contributed by atoms with van der Waals surface area (Å²) in [5.41, 5.74) is 1.73. The van der Waals surface area contributed by atoms with Crippen LogP contribution in [0.25, 0.3) is 32.8 Å². The predicted octanol–water partition coefficient (Wildman–Crippen LogP) is 4.43. The van der Waals surface area contributed by atoms with E-state index in [9.17, 15) is 5.11 Å². The SMILES string of the molecule is Oc1cc(-c2ccc3c(N4C[C@H]5CC[C@@H](C4)N5)nc(N4CCC5(CCNC5)C4)nc3c2F)c2ccccc2c1. The number of phenols is 1. The molecular weight excluding hydrogens is 491 g/mol. The van der Waals surface area contributed by atoms with E-state index in [2.05, 4.69) is 20.4 Å². The monoisotopic (exact) mass is 524 g/mol. The highest BCUT2D eigenvalue weighted by Crippen LogP contribution is 2.41. The predicted molar refractivity (Wildman–Crippen MR) is 153 cm³/mol. The fourth-order valence-corrected chi connectivity index (χ4v) is 7.46. The quantitative estimate of drug-likeness (QED) is 0.366. The Morgan fingerprint density at radius 2 is 1.77 bits per heavy atom. The molecule has 4 saturated heterocycles. The van der Waals surface area contributed by atoms with Crippen LogP contribution in [0.1, 0.15) is 25.7 Å². The van der Waals surface area contributed by atoms with Crippen LogP contribution < -0.4 is 20.4 Å². The first-order valence-corrected chi connectivity index (χ1v) is 14.2. The van der Waals surface area contributed by atoms with E-state index in [0.29, 0.717) is 34.7 Å². The number of rotatable bonds is 3. The molecule has 4 aliphatic heterocycles. The molecule has 0 amide bonds. The molecule has 3 atom stereocenters. The molecule has 0 saturated carbocycles. The number of fused-ring (bicyclic) bond motifs is 4. The molecule has 5 heterocycles. The van der Waals surface area contributed by atoms with Gasteiger partial charge in [-0.1, -0.05) is 30.3 Å². The van der Waals surface area contributed by atoms with Crippen molar-refractivity contribution in [3.8, 4) is 16.9 Å². The van der Waals surface area contributed by atoms with E-state index < -0.39 is 0 Å². The fraction of sp³-hybridized carbons (Fsp3) is 0.419. The summed E-state index contributed by atoms with van der Waals surface area (Å²) < 4.78 is 16.7. The lowest BCUT2D eigenvalue weighted by molar-refractivity contribution is 0.369. The van der Waals surface area contributed by atoms with Crippen molar-refractivity contribution in [3.63, 3.8) is 0 Å². The molecule has 0 radical (unpaired) electrons. The first-order chi connectivity index (χ1) is 19.1. The van der Waals surface area contributed by atoms with Crippen LogP contribution in [0.2, 0.25) is 0 Å². The second-order valence-corrected chi connectivity index (χ2v) is 12.0. The van der Waals surface area contributed by atoms with Crippen LogP contribution in [0.4, 0.5) is 16.2 Å². The zero-order chi connectivity index (χ0) is 26.1. The highest BCUT2D eigenvalue weighted by atomic mass is 19.1. The van der Waals surface area contributed by atoms with Gasteiger partial charge in [-0.3, -0.25) is 0 Å². The van der Waals surface area contributed by atoms with Crippen LogP contribution in [0.3, 0.4) is 0 Å². The van der Waals surface area contributed by atoms with E-state index in [1.807, 2.05) is 36.4 Å². The normalized spacial score (nSPS) is 26.5. The summed E-state index contributed by atoms with van der Waals surface area (Å²) in [5.74, 6) is 1.23. The molecule has 3 N–H and O–H groups in total. The molecule has 200 valence electrons. The Balaban J connectivity index is 1.30. The number of nitrogens with one attached hydrogen (secondary N) is 2. The largest absolute Gasteiger partial charge is 0.508 e. The van der Waals surface area contributed by atoms with Gasteiger partial charge < -0.3 is 25.5 Å². The molecule has 7 nitrogen and oxygen atoms in total. The topological polar surface area (TPSA) is 76.6 Å². The number of hydrogen-bond acceptors (Lipinski definition) is 7. The van der Waals surface area contributed by atoms with Crippen LogP contribution in [-0.4, -0.2) is 66.4 Å². The highest BCUT2D eigenvalue weighted by molar-refractivity contribution is 6.01. The minimum absolute atomic E-state index is 0.121. The lowest BCUT2D eigenvalue weighted by atomic mass is 9.87. The molecule has 0 aliphatic carbocycles. The summed E-state index contributed by atoms with van der Waals surface area (Å²) in [5, 5.41) is 20.2. The summed E-state index contributed by atoms with van der Waals surface area (Å²) in [6.07, 6.45) is 4.60. The van der Waals surface area contributed by atoms with Crippen LogP contribution in [0.5, 0.6) is 5.75 Å². The number of halogens is 1. The molecule has 8 heteroatoms. The molecule has 39 heavy (non-hydrogen) atoms. The van der Waals surface area contributed by atoms with Gasteiger partial charge in [0.15, 0.2) is 5.82 Å². The van der Waals surface area contributed by atoms with Gasteiger partial charge in [-0.15, -0.1) is 0 Å². The summed E-state index contributed by atoms with van der Waals surface area (Å²) in [6.45, 7) is 5.60. The average molecular weight is 525 g/mol. The average Bonchev–Trinajstić information content (AvgIpc) is 3.68. The Morgan fingerprint density at radius 1 is 0.923 bits per heavy atom. The van der Waals surface area contributed by atoms with Crippen molar-refractivity contribution in [2.45, 2.75) is 37.8 Å². The number of aromatic nitrogens is 2. The number of hydrogen-bond donors (Lipinski definition) is 3. The van der Waals surface area contributed by atoms with E-state index in [1.165, 1.54) is 12.8 Å². The third kappa shape index (κ3) is 3.84. The zero-order valence-corrected chi connectivity index (χ0v) is 22.0. The number of nitrogens with zero attached hydrogens (tertiary/aromatic N) is 4. The van der Waals surface area contributed by atoms with Crippen molar-refractivity contribution in [2.24, 2.45) is 5.41 Å². The number of phenolic OH excluding ortho intramolecular Hbond substituents is 1. The molecular formula is C31H33FN6O. The molecule has 4 aliphatic rings. The van der Waals surface area contributed by atoms with Gasteiger partial charge in [0.2, 0.25) is 5.95 Å². The van der Waals surface area contributed by atoms with E-state index in [-0.39, 0.29) is 17.0 Å². The summed E-state index contributed by atoms with van der Waals surface area (Å²) in [7, 11) is 0. The van der Waals surface area contributed by atoms with E-state index in [0.717, 1.165) is 74.1 Å². The standard InChI is InChI=1S/C31H33FN6O/c32-27-24(26-14-22(39)13-19-3-1-2-4-23(19)26)7-8-25-28(27)35-30(37-12-10-31(18-37)9-11-33-17-31)36-29(25)38-15-20-5-6-21(16-38)34-20/h1-4,7-8,13-14,20-21,33-34,39H,5-6,9-12,15-18H2/t20-,21+,31?. The van der Waals surface area contributed by atoms with Crippen LogP contribution in [-0.2, 0) is 0 Å². The minimum Gasteiger partial charge on any atom is -0.508 e. The zero-order valence-electron chi connectivity index (χ0n) is 22.0. The number of anilines is 2. The highest BCUT2D eigenvalue weighted by Gasteiger charge is 2.42. The third-order valence-corrected chi connectivity index (χ3v) is 9.48. The lowest BCUT2D eigenvalue weighted by Gasteiger charge is -2.35. The summed E-state index contributed by atoms with van der Waals surface area (Å²) >= 11 is 0. The number of piperazine rings is 1. The Kier molecular flexibility index (Phi) is 5.26. The Morgan fingerprint density at radius 3 is 2.59 bits per heavy atom. The van der Waals surface area contributed by atoms with Crippen LogP contribution >= 0.6 is 0 Å². The molecule has 1 unspecified atom stereocenters. The summed E-state index contributed by atoms with van der Waals surface area (Å²) in [6, 6.07) is 15.8. The van der Waals surface area contributed by atoms with Crippen molar-refractivity contribution < 1.29 is 9.50 Å². The minimum atomic E-state index is -0.359. The van der Waals surface area contributed by atoms with Gasteiger partial charge in [0.05, 0.1) is 0 Å². The maximum absolute atomic E-state index is 16.7. The molecule has 8 rings (SSSR count). The van der Waals surface area contributed by atoms with Gasteiger partial charge in [-0.25, -0.2) is 9.37 Å². The summed E-state index contributed by atoms with van der Waals surface area (Å²) in [4.78, 5) is 14.7. The Hall–Kier alpha value is -3.49. The van der Waals surface area contributed by atoms with Crippen molar-refractivity contribution >= 4 is 33.4 Å². The molecule has 3 aromatic carbocycles. The first kappa shape index (κ1) is 23.4. The van der Waals surface area contributed by atoms with E-state index >= 15 is 4.39 Å². The first-order valence-electron chi connectivity index (χ1n) is 14.2. The van der Waals surface area contributed by atoms with Crippen LogP contribution in [0.15, 0.2) is 48.5 Å². The molecule has 2 bridgehead atoms. The van der Waals surface area contributed by atoms with Gasteiger partial charge in [0.1, 0.15) is 17.1 Å². The second-order valence-electron chi connectivity index (χ2n) is 12.0.